The van der Waals surface area contributed by atoms with Gasteiger partial charge in [0.25, 0.3) is 5.91 Å². The quantitative estimate of drug-likeness (QED) is 0.674. The van der Waals surface area contributed by atoms with Gasteiger partial charge in [0.05, 0.1) is 30.2 Å². The van der Waals surface area contributed by atoms with Crippen LogP contribution >= 0.6 is 11.6 Å². The van der Waals surface area contributed by atoms with Gasteiger partial charge >= 0.3 is 0 Å². The lowest BCUT2D eigenvalue weighted by molar-refractivity contribution is 0.0950. The van der Waals surface area contributed by atoms with Gasteiger partial charge in [0.15, 0.2) is 0 Å². The zero-order valence-electron chi connectivity index (χ0n) is 16.4. The molecule has 1 N–H and O–H groups in total. The minimum atomic E-state index is -0.356. The van der Waals surface area contributed by atoms with E-state index in [2.05, 4.69) is 20.3 Å². The fourth-order valence-corrected chi connectivity index (χ4v) is 3.68. The molecule has 0 spiro atoms. The van der Waals surface area contributed by atoms with Crippen LogP contribution in [0.2, 0.25) is 5.15 Å². The zero-order valence-corrected chi connectivity index (χ0v) is 17.2. The molecule has 30 heavy (non-hydrogen) atoms. The molecule has 2 aromatic heterocycles. The van der Waals surface area contributed by atoms with E-state index in [4.69, 9.17) is 16.3 Å². The fourth-order valence-electron chi connectivity index (χ4n) is 3.32. The summed E-state index contributed by atoms with van der Waals surface area (Å²) >= 11 is 6.42. The number of nitrogens with one attached hydrogen (secondary N) is 1. The van der Waals surface area contributed by atoms with Crippen LogP contribution in [-0.2, 0) is 11.3 Å². The van der Waals surface area contributed by atoms with Crippen LogP contribution in [0.5, 0.6) is 0 Å². The van der Waals surface area contributed by atoms with Crippen LogP contribution in [0.3, 0.4) is 0 Å². The highest BCUT2D eigenvalue weighted by molar-refractivity contribution is 6.33. The number of nitrogens with zero attached hydrogens (tertiary/aromatic N) is 4. The highest BCUT2D eigenvalue weighted by atomic mass is 35.5. The highest BCUT2D eigenvalue weighted by Crippen LogP contribution is 2.24. The van der Waals surface area contributed by atoms with Crippen LogP contribution in [0.1, 0.15) is 21.6 Å². The smallest absolute Gasteiger partial charge is 0.256 e. The Morgan fingerprint density at radius 3 is 2.70 bits per heavy atom. The Hall–Kier alpha value is -2.97. The first kappa shape index (κ1) is 20.3. The Kier molecular flexibility index (Phi) is 5.96. The molecule has 1 aromatic carbocycles. The molecule has 0 unspecified atom stereocenters. The lowest BCUT2D eigenvalue weighted by Crippen LogP contribution is -2.36. The summed E-state index contributed by atoms with van der Waals surface area (Å²) in [6.45, 7) is 4.98. The molecule has 1 aliphatic rings. The number of anilines is 1. The van der Waals surface area contributed by atoms with Crippen LogP contribution in [-0.4, -0.2) is 47.0 Å². The molecule has 1 fully saturated rings. The van der Waals surface area contributed by atoms with Crippen molar-refractivity contribution in [1.29, 1.82) is 0 Å². The first-order valence-corrected chi connectivity index (χ1v) is 9.97. The van der Waals surface area contributed by atoms with Gasteiger partial charge in [-0.25, -0.2) is 14.1 Å². The Morgan fingerprint density at radius 1 is 1.23 bits per heavy atom. The van der Waals surface area contributed by atoms with Crippen molar-refractivity contribution in [3.8, 4) is 5.69 Å². The number of aromatic nitrogens is 3. The number of carbonyl (C=O) groups excluding carboxylic acids is 1. The van der Waals surface area contributed by atoms with Gasteiger partial charge in [-0.3, -0.25) is 4.79 Å². The topological polar surface area (TPSA) is 72.3 Å². The average molecular weight is 430 g/mol. The Labute approximate surface area is 178 Å². The summed E-state index contributed by atoms with van der Waals surface area (Å²) in [6.07, 6.45) is 1.73. The summed E-state index contributed by atoms with van der Waals surface area (Å²) < 4.78 is 20.0. The average Bonchev–Trinajstić information content (AvgIpc) is 3.07. The van der Waals surface area contributed by atoms with E-state index in [1.165, 1.54) is 16.8 Å². The van der Waals surface area contributed by atoms with Gasteiger partial charge in [-0.1, -0.05) is 11.6 Å². The highest BCUT2D eigenvalue weighted by Gasteiger charge is 2.21. The molecule has 4 rings (SSSR count). The van der Waals surface area contributed by atoms with E-state index in [9.17, 15) is 9.18 Å². The van der Waals surface area contributed by atoms with Gasteiger partial charge in [-0.15, -0.1) is 0 Å². The number of halogens is 2. The number of benzene rings is 1. The maximum Gasteiger partial charge on any atom is 0.256 e. The van der Waals surface area contributed by atoms with Crippen molar-refractivity contribution in [1.82, 2.24) is 20.1 Å². The number of rotatable bonds is 5. The lowest BCUT2D eigenvalue weighted by Gasteiger charge is -2.28. The van der Waals surface area contributed by atoms with E-state index in [0.29, 0.717) is 36.7 Å². The molecule has 1 saturated heterocycles. The van der Waals surface area contributed by atoms with E-state index in [0.717, 1.165) is 24.5 Å². The van der Waals surface area contributed by atoms with Crippen LogP contribution in [0.15, 0.2) is 42.6 Å². The standard InChI is InChI=1S/C21H21ClFN5O2/c1-14-19(20(22)28(26-14)17-4-2-16(23)3-5-17)21(29)25-13-15-6-7-24-18(12-15)27-8-10-30-11-9-27/h2-7,12H,8-11,13H2,1H3,(H,25,29). The number of aryl methyl sites for hydroxylation is 1. The summed E-state index contributed by atoms with van der Waals surface area (Å²) in [5.41, 5.74) is 2.29. The molecule has 1 aliphatic heterocycles. The van der Waals surface area contributed by atoms with E-state index in [-0.39, 0.29) is 16.9 Å². The lowest BCUT2D eigenvalue weighted by atomic mass is 10.2. The van der Waals surface area contributed by atoms with Crippen LogP contribution in [0.25, 0.3) is 5.69 Å². The second-order valence-corrected chi connectivity index (χ2v) is 7.30. The molecule has 1 amide bonds. The third kappa shape index (κ3) is 4.29. The number of ether oxygens (including phenoxy) is 1. The predicted molar refractivity (Wildman–Crippen MR) is 112 cm³/mol. The van der Waals surface area contributed by atoms with Gasteiger partial charge in [0.1, 0.15) is 16.8 Å². The predicted octanol–water partition coefficient (Wildman–Crippen LogP) is 3.13. The molecule has 0 radical (unpaired) electrons. The first-order valence-electron chi connectivity index (χ1n) is 9.60. The van der Waals surface area contributed by atoms with Gasteiger partial charge in [-0.2, -0.15) is 5.10 Å². The molecule has 3 heterocycles. The maximum absolute atomic E-state index is 13.2. The molecule has 0 bridgehead atoms. The monoisotopic (exact) mass is 429 g/mol. The van der Waals surface area contributed by atoms with E-state index < -0.39 is 0 Å². The minimum absolute atomic E-state index is 0.181. The number of hydrogen-bond acceptors (Lipinski definition) is 5. The summed E-state index contributed by atoms with van der Waals surface area (Å²) in [4.78, 5) is 19.4. The molecule has 156 valence electrons. The van der Waals surface area contributed by atoms with E-state index in [1.807, 2.05) is 12.1 Å². The van der Waals surface area contributed by atoms with Crippen LogP contribution < -0.4 is 10.2 Å². The minimum Gasteiger partial charge on any atom is -0.378 e. The van der Waals surface area contributed by atoms with Crippen molar-refractivity contribution in [2.45, 2.75) is 13.5 Å². The van der Waals surface area contributed by atoms with Crippen molar-refractivity contribution in [2.75, 3.05) is 31.2 Å². The Morgan fingerprint density at radius 2 is 1.97 bits per heavy atom. The number of amides is 1. The summed E-state index contributed by atoms with van der Waals surface area (Å²) in [7, 11) is 0. The van der Waals surface area contributed by atoms with Gasteiger partial charge in [0.2, 0.25) is 0 Å². The van der Waals surface area contributed by atoms with Crippen molar-refractivity contribution < 1.29 is 13.9 Å². The van der Waals surface area contributed by atoms with Crippen molar-refractivity contribution >= 4 is 23.3 Å². The third-order valence-electron chi connectivity index (χ3n) is 4.90. The molecule has 0 saturated carbocycles. The molecule has 3 aromatic rings. The van der Waals surface area contributed by atoms with Gasteiger partial charge in [0, 0.05) is 25.8 Å². The largest absolute Gasteiger partial charge is 0.378 e. The first-order chi connectivity index (χ1) is 14.5. The number of morpholine rings is 1. The zero-order chi connectivity index (χ0) is 21.1. The Bertz CT molecular complexity index is 1050. The molecule has 0 atom stereocenters. The second kappa shape index (κ2) is 8.81. The van der Waals surface area contributed by atoms with Crippen molar-refractivity contribution in [2.24, 2.45) is 0 Å². The SMILES string of the molecule is Cc1nn(-c2ccc(F)cc2)c(Cl)c1C(=O)NCc1ccnc(N2CCOCC2)c1. The maximum atomic E-state index is 13.2. The summed E-state index contributed by atoms with van der Waals surface area (Å²) in [5.74, 6) is 0.185. The summed E-state index contributed by atoms with van der Waals surface area (Å²) in [5, 5.41) is 7.41. The second-order valence-electron chi connectivity index (χ2n) is 6.94. The normalized spacial score (nSPS) is 14.0. The number of pyridine rings is 1. The molecular formula is C21H21ClFN5O2. The molecular weight excluding hydrogens is 409 g/mol. The van der Waals surface area contributed by atoms with Crippen LogP contribution in [0, 0.1) is 12.7 Å². The molecule has 7 nitrogen and oxygen atoms in total. The fraction of sp³-hybridized carbons (Fsp3) is 0.286. The number of carbonyl (C=O) groups is 1. The van der Waals surface area contributed by atoms with Gasteiger partial charge in [-0.05, 0) is 48.9 Å². The number of hydrogen-bond donors (Lipinski definition) is 1. The van der Waals surface area contributed by atoms with Gasteiger partial charge < -0.3 is 15.0 Å². The summed E-state index contributed by atoms with van der Waals surface area (Å²) in [6, 6.07) is 9.57. The van der Waals surface area contributed by atoms with Crippen molar-refractivity contribution in [3.05, 3.63) is 70.4 Å². The van der Waals surface area contributed by atoms with Crippen LogP contribution in [0.4, 0.5) is 10.2 Å². The molecule has 9 heteroatoms. The van der Waals surface area contributed by atoms with Crippen molar-refractivity contribution in [3.63, 3.8) is 0 Å². The van der Waals surface area contributed by atoms with E-state index in [1.54, 1.807) is 25.3 Å². The molecule has 0 aliphatic carbocycles. The third-order valence-corrected chi connectivity index (χ3v) is 5.25. The van der Waals surface area contributed by atoms with E-state index >= 15 is 0 Å². The Balaban J connectivity index is 1.48.